The molecule has 6 heteroatoms. The number of carbonyl (C=O) groups is 1. The number of fused-ring (bicyclic) bond motifs is 1. The van der Waals surface area contributed by atoms with Crippen molar-refractivity contribution in [2.45, 2.75) is 33.1 Å². The third-order valence-electron chi connectivity index (χ3n) is 6.38. The number of hydrogen-bond donors (Lipinski definition) is 0. The second-order valence-electron chi connectivity index (χ2n) is 8.39. The molecule has 4 rings (SSSR count). The maximum atomic E-state index is 12.9. The van der Waals surface area contributed by atoms with Crippen molar-refractivity contribution >= 4 is 22.4 Å². The number of carbonyl (C=O) groups excluding carboxylic acids is 1. The van der Waals surface area contributed by atoms with Crippen molar-refractivity contribution in [3.63, 3.8) is 0 Å². The van der Waals surface area contributed by atoms with E-state index in [2.05, 4.69) is 0 Å². The van der Waals surface area contributed by atoms with Crippen molar-refractivity contribution in [2.24, 2.45) is 0 Å². The molecule has 0 saturated carbocycles. The van der Waals surface area contributed by atoms with E-state index < -0.39 is 0 Å². The molecule has 1 aromatic heterocycles. The Kier molecular flexibility index (Phi) is 6.63. The summed E-state index contributed by atoms with van der Waals surface area (Å²) in [4.78, 5) is 14.8. The zero-order valence-electron chi connectivity index (χ0n) is 20.0. The topological polar surface area (TPSA) is 61.1 Å². The minimum absolute atomic E-state index is 0.0499. The summed E-state index contributed by atoms with van der Waals surface area (Å²) in [6.07, 6.45) is 6.77. The van der Waals surface area contributed by atoms with Crippen molar-refractivity contribution in [3.8, 4) is 28.4 Å². The summed E-state index contributed by atoms with van der Waals surface area (Å²) in [6, 6.07) is 7.72. The Morgan fingerprint density at radius 3 is 2.42 bits per heavy atom. The van der Waals surface area contributed by atoms with Gasteiger partial charge in [0.2, 0.25) is 5.91 Å². The fourth-order valence-corrected chi connectivity index (χ4v) is 4.57. The Hall–Kier alpha value is -3.41. The van der Waals surface area contributed by atoms with Gasteiger partial charge in [-0.2, -0.15) is 0 Å². The van der Waals surface area contributed by atoms with Gasteiger partial charge in [-0.1, -0.05) is 0 Å². The molecule has 2 heterocycles. The zero-order chi connectivity index (χ0) is 23.5. The standard InChI is InChI=1S/C27H31NO5/c1-17(13-25(29)28-11-7-6-8-12-28)20-15-22-23(16-33-27(22)18(2)26(20)32-5)21-14-19(30-3)9-10-24(21)31-4/h9-10,13-16H,6-8,11-12H2,1-5H3/b17-13+. The lowest BCUT2D eigenvalue weighted by atomic mass is 9.96. The van der Waals surface area contributed by atoms with Crippen molar-refractivity contribution in [2.75, 3.05) is 34.4 Å². The van der Waals surface area contributed by atoms with Gasteiger partial charge in [0.05, 0.1) is 27.6 Å². The highest BCUT2D eigenvalue weighted by Gasteiger charge is 2.21. The SMILES string of the molecule is COc1ccc(OC)c(-c2coc3c(C)c(OC)c(/C(C)=C/C(=O)N4CCCCC4)cc23)c1. The Bertz CT molecular complexity index is 1200. The highest BCUT2D eigenvalue weighted by molar-refractivity contribution is 6.02. The predicted octanol–water partition coefficient (Wildman–Crippen LogP) is 5.85. The van der Waals surface area contributed by atoms with Crippen LogP contribution < -0.4 is 14.2 Å². The lowest BCUT2D eigenvalue weighted by molar-refractivity contribution is -0.126. The number of furan rings is 1. The van der Waals surface area contributed by atoms with Gasteiger partial charge >= 0.3 is 0 Å². The van der Waals surface area contributed by atoms with E-state index in [4.69, 9.17) is 18.6 Å². The van der Waals surface area contributed by atoms with Gasteiger partial charge in [-0.15, -0.1) is 0 Å². The second kappa shape index (κ2) is 9.61. The minimum Gasteiger partial charge on any atom is -0.497 e. The molecule has 0 aliphatic carbocycles. The predicted molar refractivity (Wildman–Crippen MR) is 130 cm³/mol. The first kappa shape index (κ1) is 22.8. The van der Waals surface area contributed by atoms with Crippen LogP contribution in [0.15, 0.2) is 41.0 Å². The largest absolute Gasteiger partial charge is 0.497 e. The summed E-state index contributed by atoms with van der Waals surface area (Å²) in [6.45, 7) is 5.57. The Morgan fingerprint density at radius 2 is 1.76 bits per heavy atom. The van der Waals surface area contributed by atoms with E-state index in [1.54, 1.807) is 33.7 Å². The van der Waals surface area contributed by atoms with Gasteiger partial charge in [0.25, 0.3) is 0 Å². The molecule has 2 aromatic carbocycles. The number of likely N-dealkylation sites (tertiary alicyclic amines) is 1. The van der Waals surface area contributed by atoms with Crippen molar-refractivity contribution in [3.05, 3.63) is 47.7 Å². The van der Waals surface area contributed by atoms with E-state index in [0.29, 0.717) is 5.75 Å². The van der Waals surface area contributed by atoms with E-state index in [0.717, 1.165) is 76.2 Å². The number of piperidine rings is 1. The third-order valence-corrected chi connectivity index (χ3v) is 6.38. The number of aryl methyl sites for hydroxylation is 1. The summed E-state index contributed by atoms with van der Waals surface area (Å²) < 4.78 is 22.8. The van der Waals surface area contributed by atoms with Crippen LogP contribution in [0.25, 0.3) is 27.7 Å². The maximum Gasteiger partial charge on any atom is 0.246 e. The molecule has 0 unspecified atom stereocenters. The molecular weight excluding hydrogens is 418 g/mol. The van der Waals surface area contributed by atoms with E-state index in [1.807, 2.05) is 43.0 Å². The first-order valence-electron chi connectivity index (χ1n) is 11.3. The number of methoxy groups -OCH3 is 3. The van der Waals surface area contributed by atoms with Crippen molar-refractivity contribution < 1.29 is 23.4 Å². The van der Waals surface area contributed by atoms with Crippen LogP contribution in [0, 0.1) is 6.92 Å². The molecule has 1 fully saturated rings. The summed E-state index contributed by atoms with van der Waals surface area (Å²) in [5.41, 5.74) is 5.12. The second-order valence-corrected chi connectivity index (χ2v) is 8.39. The quantitative estimate of drug-likeness (QED) is 0.442. The van der Waals surface area contributed by atoms with E-state index in [1.165, 1.54) is 6.42 Å². The van der Waals surface area contributed by atoms with Crippen LogP contribution in [-0.2, 0) is 4.79 Å². The lowest BCUT2D eigenvalue weighted by Gasteiger charge is -2.25. The average Bonchev–Trinajstić information content (AvgIpc) is 3.28. The number of hydrogen-bond acceptors (Lipinski definition) is 5. The molecule has 0 spiro atoms. The fraction of sp³-hybridized carbons (Fsp3) is 0.370. The van der Waals surface area contributed by atoms with Crippen LogP contribution in [0.2, 0.25) is 0 Å². The van der Waals surface area contributed by atoms with Gasteiger partial charge in [-0.25, -0.2) is 0 Å². The molecule has 33 heavy (non-hydrogen) atoms. The van der Waals surface area contributed by atoms with Crippen LogP contribution in [0.5, 0.6) is 17.2 Å². The maximum absolute atomic E-state index is 12.9. The number of nitrogens with zero attached hydrogens (tertiary/aromatic N) is 1. The number of allylic oxidation sites excluding steroid dienone is 1. The number of ether oxygens (including phenoxy) is 3. The molecule has 0 bridgehead atoms. The van der Waals surface area contributed by atoms with Crippen molar-refractivity contribution in [1.29, 1.82) is 0 Å². The zero-order valence-corrected chi connectivity index (χ0v) is 20.0. The summed E-state index contributed by atoms with van der Waals surface area (Å²) in [5, 5.41) is 0.924. The highest BCUT2D eigenvalue weighted by atomic mass is 16.5. The van der Waals surface area contributed by atoms with Gasteiger partial charge < -0.3 is 23.5 Å². The minimum atomic E-state index is 0.0499. The molecule has 1 aliphatic heterocycles. The summed E-state index contributed by atoms with van der Waals surface area (Å²) in [7, 11) is 4.93. The van der Waals surface area contributed by atoms with Gasteiger partial charge in [0.15, 0.2) is 0 Å². The highest BCUT2D eigenvalue weighted by Crippen LogP contribution is 2.43. The molecule has 1 saturated heterocycles. The van der Waals surface area contributed by atoms with Crippen LogP contribution in [-0.4, -0.2) is 45.2 Å². The normalized spacial score (nSPS) is 14.5. The molecule has 1 amide bonds. The van der Waals surface area contributed by atoms with Crippen LogP contribution >= 0.6 is 0 Å². The van der Waals surface area contributed by atoms with Gasteiger partial charge in [-0.3, -0.25) is 4.79 Å². The molecule has 174 valence electrons. The molecule has 0 atom stereocenters. The number of benzene rings is 2. The van der Waals surface area contributed by atoms with Crippen LogP contribution in [0.3, 0.4) is 0 Å². The third kappa shape index (κ3) is 4.30. The molecule has 0 N–H and O–H groups in total. The Labute approximate surface area is 194 Å². The van der Waals surface area contributed by atoms with Gasteiger partial charge in [-0.05, 0) is 62.9 Å². The summed E-state index contributed by atoms with van der Waals surface area (Å²) >= 11 is 0. The van der Waals surface area contributed by atoms with E-state index >= 15 is 0 Å². The molecular formula is C27H31NO5. The van der Waals surface area contributed by atoms with E-state index in [-0.39, 0.29) is 5.91 Å². The first-order valence-corrected chi connectivity index (χ1v) is 11.3. The van der Waals surface area contributed by atoms with Crippen LogP contribution in [0.1, 0.15) is 37.3 Å². The lowest BCUT2D eigenvalue weighted by Crippen LogP contribution is -2.34. The first-order chi connectivity index (χ1) is 16.0. The monoisotopic (exact) mass is 449 g/mol. The molecule has 6 nitrogen and oxygen atoms in total. The van der Waals surface area contributed by atoms with Crippen LogP contribution in [0.4, 0.5) is 0 Å². The van der Waals surface area contributed by atoms with E-state index in [9.17, 15) is 4.79 Å². The van der Waals surface area contributed by atoms with Gasteiger partial charge in [0, 0.05) is 46.8 Å². The Balaban J connectivity index is 1.85. The molecule has 1 aliphatic rings. The molecule has 3 aromatic rings. The van der Waals surface area contributed by atoms with Gasteiger partial charge in [0.1, 0.15) is 22.8 Å². The average molecular weight is 450 g/mol. The summed E-state index contributed by atoms with van der Waals surface area (Å²) in [5.74, 6) is 2.21. The smallest absolute Gasteiger partial charge is 0.246 e. The number of amides is 1. The Morgan fingerprint density at radius 1 is 1.00 bits per heavy atom. The van der Waals surface area contributed by atoms with Crippen molar-refractivity contribution in [1.82, 2.24) is 4.90 Å². The fourth-order valence-electron chi connectivity index (χ4n) is 4.57. The molecule has 0 radical (unpaired) electrons. The number of rotatable bonds is 6.